The third-order valence-electron chi connectivity index (χ3n) is 3.58. The normalized spacial score (nSPS) is 15.2. The number of non-ortho nitro benzene ring substituents is 1. The number of nitro benzene ring substituents is 1. The van der Waals surface area contributed by atoms with Crippen molar-refractivity contribution in [3.63, 3.8) is 0 Å². The van der Waals surface area contributed by atoms with Crippen molar-refractivity contribution >= 4 is 29.7 Å². The van der Waals surface area contributed by atoms with Crippen LogP contribution in [0.3, 0.4) is 0 Å². The molecule has 1 heterocycles. The van der Waals surface area contributed by atoms with Gasteiger partial charge in [-0.05, 0) is 47.5 Å². The first-order valence-electron chi connectivity index (χ1n) is 7.64. The molecule has 0 spiro atoms. The summed E-state index contributed by atoms with van der Waals surface area (Å²) >= 11 is 0. The molecule has 0 fully saturated rings. The third kappa shape index (κ3) is 4.02. The summed E-state index contributed by atoms with van der Waals surface area (Å²) < 4.78 is 10.2. The van der Waals surface area contributed by atoms with Gasteiger partial charge in [0.25, 0.3) is 5.69 Å². The molecule has 0 unspecified atom stereocenters. The van der Waals surface area contributed by atoms with Crippen molar-refractivity contribution in [1.29, 1.82) is 0 Å². The summed E-state index contributed by atoms with van der Waals surface area (Å²) in [6, 6.07) is 13.2. The predicted molar refractivity (Wildman–Crippen MR) is 96.6 cm³/mol. The summed E-state index contributed by atoms with van der Waals surface area (Å²) in [6.07, 6.45) is 4.81. The number of aliphatic imine (C=N–C) groups is 1. The van der Waals surface area contributed by atoms with Gasteiger partial charge in [-0.1, -0.05) is 12.1 Å². The minimum absolute atomic E-state index is 0.0106. The quantitative estimate of drug-likeness (QED) is 0.355. The SMILES string of the molecule is COc1ccc(C=C2N=C(C=Cc3ccc([N+](=O)[O-])cc3)OC2=O)cc1. The molecule has 0 saturated carbocycles. The number of cyclic esters (lactones) is 1. The Bertz CT molecular complexity index is 925. The zero-order chi connectivity index (χ0) is 18.5. The number of hydrogen-bond donors (Lipinski definition) is 0. The maximum Gasteiger partial charge on any atom is 0.363 e. The number of hydrogen-bond acceptors (Lipinski definition) is 6. The van der Waals surface area contributed by atoms with Crippen LogP contribution in [0, 0.1) is 10.1 Å². The number of nitrogens with zero attached hydrogens (tertiary/aromatic N) is 2. The van der Waals surface area contributed by atoms with Crippen LogP contribution in [0.4, 0.5) is 5.69 Å². The van der Waals surface area contributed by atoms with E-state index in [1.165, 1.54) is 18.2 Å². The Kier molecular flexibility index (Phi) is 4.89. The molecule has 0 atom stereocenters. The monoisotopic (exact) mass is 350 g/mol. The molecule has 0 aromatic heterocycles. The molecule has 2 aromatic rings. The Labute approximate surface area is 149 Å². The van der Waals surface area contributed by atoms with Gasteiger partial charge in [0.05, 0.1) is 12.0 Å². The van der Waals surface area contributed by atoms with E-state index >= 15 is 0 Å². The average Bonchev–Trinajstić information content (AvgIpc) is 3.00. The number of ether oxygens (including phenoxy) is 2. The minimum atomic E-state index is -0.538. The molecule has 0 saturated heterocycles. The Hall–Kier alpha value is -3.74. The molecule has 3 rings (SSSR count). The van der Waals surface area contributed by atoms with Gasteiger partial charge in [-0.2, -0.15) is 0 Å². The second kappa shape index (κ2) is 7.43. The molecule has 0 aliphatic carbocycles. The summed E-state index contributed by atoms with van der Waals surface area (Å²) in [4.78, 5) is 26.2. The Balaban J connectivity index is 1.74. The number of benzene rings is 2. The first kappa shape index (κ1) is 17.1. The molecule has 2 aromatic carbocycles. The van der Waals surface area contributed by atoms with Crippen LogP contribution in [0.15, 0.2) is 65.3 Å². The molecule has 0 radical (unpaired) electrons. The number of carbonyl (C=O) groups is 1. The van der Waals surface area contributed by atoms with Crippen molar-refractivity contribution in [1.82, 2.24) is 0 Å². The Morgan fingerprint density at radius 3 is 2.31 bits per heavy atom. The first-order chi connectivity index (χ1) is 12.5. The number of rotatable bonds is 5. The maximum absolute atomic E-state index is 11.9. The van der Waals surface area contributed by atoms with Crippen molar-refractivity contribution in [3.8, 4) is 5.75 Å². The summed E-state index contributed by atoms with van der Waals surface area (Å²) in [5.74, 6) is 0.341. The highest BCUT2D eigenvalue weighted by atomic mass is 16.6. The molecule has 1 aliphatic heterocycles. The van der Waals surface area contributed by atoms with E-state index in [0.29, 0.717) is 0 Å². The second-order valence-corrected chi connectivity index (χ2v) is 5.32. The molecule has 1 aliphatic rings. The van der Waals surface area contributed by atoms with Crippen molar-refractivity contribution < 1.29 is 19.2 Å². The van der Waals surface area contributed by atoms with Crippen molar-refractivity contribution in [2.24, 2.45) is 4.99 Å². The largest absolute Gasteiger partial charge is 0.497 e. The van der Waals surface area contributed by atoms with Crippen molar-refractivity contribution in [2.45, 2.75) is 0 Å². The fourth-order valence-electron chi connectivity index (χ4n) is 2.23. The molecule has 130 valence electrons. The van der Waals surface area contributed by atoms with Crippen LogP contribution >= 0.6 is 0 Å². The lowest BCUT2D eigenvalue weighted by Crippen LogP contribution is -2.01. The molecular weight excluding hydrogens is 336 g/mol. The second-order valence-electron chi connectivity index (χ2n) is 5.32. The van der Waals surface area contributed by atoms with Gasteiger partial charge >= 0.3 is 5.97 Å². The molecule has 7 nitrogen and oxygen atoms in total. The van der Waals surface area contributed by atoms with Gasteiger partial charge in [0.1, 0.15) is 5.75 Å². The Morgan fingerprint density at radius 2 is 1.69 bits per heavy atom. The van der Waals surface area contributed by atoms with Crippen molar-refractivity contribution in [2.75, 3.05) is 7.11 Å². The molecule has 26 heavy (non-hydrogen) atoms. The van der Waals surface area contributed by atoms with Gasteiger partial charge in [-0.3, -0.25) is 10.1 Å². The molecule has 7 heteroatoms. The summed E-state index contributed by atoms with van der Waals surface area (Å²) in [7, 11) is 1.58. The summed E-state index contributed by atoms with van der Waals surface area (Å²) in [6.45, 7) is 0. The number of esters is 1. The lowest BCUT2D eigenvalue weighted by atomic mass is 10.2. The van der Waals surface area contributed by atoms with Gasteiger partial charge in [-0.25, -0.2) is 9.79 Å². The summed E-state index contributed by atoms with van der Waals surface area (Å²) in [5, 5.41) is 10.6. The maximum atomic E-state index is 11.9. The third-order valence-corrected chi connectivity index (χ3v) is 3.58. The number of carbonyl (C=O) groups excluding carboxylic acids is 1. The van der Waals surface area contributed by atoms with Crippen LogP contribution in [-0.4, -0.2) is 23.9 Å². The summed E-state index contributed by atoms with van der Waals surface area (Å²) in [5.41, 5.74) is 1.72. The first-order valence-corrected chi connectivity index (χ1v) is 7.64. The molecule has 0 amide bonds. The van der Waals surface area contributed by atoms with E-state index in [4.69, 9.17) is 9.47 Å². The van der Waals surface area contributed by atoms with Crippen LogP contribution in [0.1, 0.15) is 11.1 Å². The molecular formula is C19H14N2O5. The lowest BCUT2D eigenvalue weighted by Gasteiger charge is -1.99. The van der Waals surface area contributed by atoms with E-state index in [0.717, 1.165) is 16.9 Å². The van der Waals surface area contributed by atoms with E-state index in [1.54, 1.807) is 55.7 Å². The van der Waals surface area contributed by atoms with E-state index < -0.39 is 10.9 Å². The average molecular weight is 350 g/mol. The number of nitro groups is 1. The fraction of sp³-hybridized carbons (Fsp3) is 0.0526. The van der Waals surface area contributed by atoms with Crippen LogP contribution in [-0.2, 0) is 9.53 Å². The minimum Gasteiger partial charge on any atom is -0.497 e. The standard InChI is InChI=1S/C19H14N2O5/c1-25-16-9-4-14(5-10-16)12-17-19(22)26-18(20-17)11-6-13-2-7-15(8-3-13)21(23)24/h2-12H,1H3. The van der Waals surface area contributed by atoms with Crippen LogP contribution in [0.2, 0.25) is 0 Å². The van der Waals surface area contributed by atoms with Crippen LogP contribution in [0.5, 0.6) is 5.75 Å². The van der Waals surface area contributed by atoms with Gasteiger partial charge in [0.2, 0.25) is 5.90 Å². The van der Waals surface area contributed by atoms with Crippen molar-refractivity contribution in [3.05, 3.63) is 81.5 Å². The van der Waals surface area contributed by atoms with E-state index in [9.17, 15) is 14.9 Å². The highest BCUT2D eigenvalue weighted by Crippen LogP contribution is 2.19. The lowest BCUT2D eigenvalue weighted by molar-refractivity contribution is -0.384. The highest BCUT2D eigenvalue weighted by Gasteiger charge is 2.21. The number of methoxy groups -OCH3 is 1. The van der Waals surface area contributed by atoms with Gasteiger partial charge < -0.3 is 9.47 Å². The molecule has 0 N–H and O–H groups in total. The zero-order valence-corrected chi connectivity index (χ0v) is 13.8. The van der Waals surface area contributed by atoms with Gasteiger partial charge in [0, 0.05) is 18.2 Å². The predicted octanol–water partition coefficient (Wildman–Crippen LogP) is 3.61. The molecule has 0 bridgehead atoms. The van der Waals surface area contributed by atoms with Crippen LogP contribution in [0.25, 0.3) is 12.2 Å². The highest BCUT2D eigenvalue weighted by molar-refractivity contribution is 6.11. The zero-order valence-electron chi connectivity index (χ0n) is 13.8. The van der Waals surface area contributed by atoms with Gasteiger partial charge in [-0.15, -0.1) is 0 Å². The van der Waals surface area contributed by atoms with Crippen LogP contribution < -0.4 is 4.74 Å². The topological polar surface area (TPSA) is 91.0 Å². The smallest absolute Gasteiger partial charge is 0.363 e. The fourth-order valence-corrected chi connectivity index (χ4v) is 2.23. The Morgan fingerprint density at radius 1 is 1.04 bits per heavy atom. The van der Waals surface area contributed by atoms with E-state index in [2.05, 4.69) is 4.99 Å². The van der Waals surface area contributed by atoms with E-state index in [-0.39, 0.29) is 17.3 Å². The van der Waals surface area contributed by atoms with Gasteiger partial charge in [0.15, 0.2) is 5.70 Å². The van der Waals surface area contributed by atoms with E-state index in [1.807, 2.05) is 0 Å².